The molecule has 0 aromatic heterocycles. The summed E-state index contributed by atoms with van der Waals surface area (Å²) in [5.74, 6) is -0.983. The first kappa shape index (κ1) is 23.9. The number of allylic oxidation sites excluding steroid dienone is 3. The average molecular weight is 355 g/mol. The molecular weight excluding hydrogens is 314 g/mol. The number of carbonyl (C=O) groups is 1. The van der Waals surface area contributed by atoms with Gasteiger partial charge in [-0.05, 0) is 18.9 Å². The minimum atomic E-state index is -1.31. The highest BCUT2D eigenvalue weighted by molar-refractivity contribution is 5.68. The second-order valence-electron chi connectivity index (χ2n) is 8.17. The van der Waals surface area contributed by atoms with Gasteiger partial charge in [0.1, 0.15) is 12.1 Å². The van der Waals surface area contributed by atoms with Gasteiger partial charge in [0, 0.05) is 0 Å². The van der Waals surface area contributed by atoms with Crippen LogP contribution in [-0.4, -0.2) is 54.0 Å². The number of rotatable bonds is 15. The lowest BCUT2D eigenvalue weighted by molar-refractivity contribution is -0.876. The van der Waals surface area contributed by atoms with E-state index in [1.54, 1.807) is 12.2 Å². The van der Waals surface area contributed by atoms with Gasteiger partial charge in [0.05, 0.1) is 27.6 Å². The van der Waals surface area contributed by atoms with E-state index < -0.39 is 11.6 Å². The standard InChI is InChI=1S/C21H39NO3/c1-5-6-7-8-9-10-11-12-13-14-15-16-17-21(25,18-20(23)24)19-22(2,3)4/h14-17,25H,5-13,18-19H2,1-4H3/p+1/b15-14+,17-16+. The maximum absolute atomic E-state index is 11.0. The average Bonchev–Trinajstić information content (AvgIpc) is 2.45. The van der Waals surface area contributed by atoms with Crippen LogP contribution in [0, 0.1) is 0 Å². The molecular formula is C21H40NO3+. The monoisotopic (exact) mass is 354 g/mol. The van der Waals surface area contributed by atoms with E-state index in [4.69, 9.17) is 5.11 Å². The normalized spacial score (nSPS) is 15.1. The lowest BCUT2D eigenvalue weighted by Crippen LogP contribution is -2.49. The number of unbranched alkanes of at least 4 members (excludes halogenated alkanes) is 8. The van der Waals surface area contributed by atoms with E-state index in [0.29, 0.717) is 11.0 Å². The maximum Gasteiger partial charge on any atom is 0.306 e. The molecule has 25 heavy (non-hydrogen) atoms. The van der Waals surface area contributed by atoms with Gasteiger partial charge in [0.25, 0.3) is 0 Å². The second kappa shape index (κ2) is 13.1. The molecule has 0 bridgehead atoms. The number of carboxylic acids is 1. The molecule has 0 fully saturated rings. The molecule has 0 heterocycles. The maximum atomic E-state index is 11.0. The predicted molar refractivity (Wildman–Crippen MR) is 106 cm³/mol. The van der Waals surface area contributed by atoms with Crippen molar-refractivity contribution in [3.05, 3.63) is 24.3 Å². The highest BCUT2D eigenvalue weighted by atomic mass is 16.4. The Morgan fingerprint density at radius 1 is 0.960 bits per heavy atom. The van der Waals surface area contributed by atoms with Gasteiger partial charge in [-0.25, -0.2) is 0 Å². The van der Waals surface area contributed by atoms with E-state index in [0.717, 1.165) is 6.42 Å². The molecule has 0 spiro atoms. The molecule has 0 aromatic rings. The number of quaternary nitrogens is 1. The zero-order chi connectivity index (χ0) is 19.2. The molecule has 0 aliphatic heterocycles. The van der Waals surface area contributed by atoms with E-state index in [1.165, 1.54) is 51.4 Å². The predicted octanol–water partition coefficient (Wildman–Crippen LogP) is 4.54. The summed E-state index contributed by atoms with van der Waals surface area (Å²) in [7, 11) is 5.83. The van der Waals surface area contributed by atoms with Crippen molar-refractivity contribution in [1.82, 2.24) is 0 Å². The molecule has 2 N–H and O–H groups in total. The lowest BCUT2D eigenvalue weighted by Gasteiger charge is -2.32. The van der Waals surface area contributed by atoms with Crippen LogP contribution in [0.3, 0.4) is 0 Å². The Bertz CT molecular complexity index is 410. The van der Waals surface area contributed by atoms with E-state index >= 15 is 0 Å². The number of carboxylic acid groups (broad SMARTS) is 1. The van der Waals surface area contributed by atoms with Crippen LogP contribution in [0.2, 0.25) is 0 Å². The van der Waals surface area contributed by atoms with Crippen LogP contribution in [0.25, 0.3) is 0 Å². The minimum absolute atomic E-state index is 0.273. The molecule has 0 saturated heterocycles. The first-order valence-corrected chi connectivity index (χ1v) is 9.77. The molecule has 1 unspecified atom stereocenters. The van der Waals surface area contributed by atoms with E-state index in [2.05, 4.69) is 13.0 Å². The van der Waals surface area contributed by atoms with Crippen LogP contribution >= 0.6 is 0 Å². The van der Waals surface area contributed by atoms with Crippen LogP contribution in [0.1, 0.15) is 71.1 Å². The third-order valence-electron chi connectivity index (χ3n) is 4.08. The quantitative estimate of drug-likeness (QED) is 0.258. The van der Waals surface area contributed by atoms with Crippen LogP contribution in [0.4, 0.5) is 0 Å². The number of hydrogen-bond acceptors (Lipinski definition) is 2. The van der Waals surface area contributed by atoms with Crippen molar-refractivity contribution in [3.8, 4) is 0 Å². The van der Waals surface area contributed by atoms with Crippen LogP contribution < -0.4 is 0 Å². The smallest absolute Gasteiger partial charge is 0.306 e. The van der Waals surface area contributed by atoms with Gasteiger partial charge in [0.2, 0.25) is 0 Å². The molecule has 0 aromatic carbocycles. The van der Waals surface area contributed by atoms with Crippen molar-refractivity contribution < 1.29 is 19.5 Å². The van der Waals surface area contributed by atoms with Crippen LogP contribution in [-0.2, 0) is 4.79 Å². The van der Waals surface area contributed by atoms with Gasteiger partial charge in [0.15, 0.2) is 0 Å². The van der Waals surface area contributed by atoms with Crippen molar-refractivity contribution in [1.29, 1.82) is 0 Å². The van der Waals surface area contributed by atoms with Crippen molar-refractivity contribution in [2.75, 3.05) is 27.7 Å². The summed E-state index contributed by atoms with van der Waals surface area (Å²) in [6.07, 6.45) is 18.7. The molecule has 0 radical (unpaired) electrons. The Morgan fingerprint density at radius 3 is 2.04 bits per heavy atom. The van der Waals surface area contributed by atoms with Gasteiger partial charge < -0.3 is 14.7 Å². The molecule has 0 aliphatic rings. The molecule has 1 atom stereocenters. The molecule has 4 nitrogen and oxygen atoms in total. The highest BCUT2D eigenvalue weighted by Gasteiger charge is 2.33. The number of aliphatic hydroxyl groups is 1. The van der Waals surface area contributed by atoms with E-state index in [1.807, 2.05) is 27.2 Å². The fourth-order valence-corrected chi connectivity index (χ4v) is 3.06. The van der Waals surface area contributed by atoms with Gasteiger partial charge >= 0.3 is 5.97 Å². The number of likely N-dealkylation sites (N-methyl/N-ethyl adjacent to an activating group) is 1. The first-order chi connectivity index (χ1) is 11.7. The highest BCUT2D eigenvalue weighted by Crippen LogP contribution is 2.16. The van der Waals surface area contributed by atoms with Crippen molar-refractivity contribution in [2.45, 2.75) is 76.7 Å². The topological polar surface area (TPSA) is 57.5 Å². The summed E-state index contributed by atoms with van der Waals surface area (Å²) in [5, 5.41) is 19.6. The molecule has 4 heteroatoms. The third kappa shape index (κ3) is 16.1. The zero-order valence-electron chi connectivity index (χ0n) is 16.8. The Kier molecular flexibility index (Phi) is 12.5. The molecule has 0 rings (SSSR count). The fourth-order valence-electron chi connectivity index (χ4n) is 3.06. The Labute approximate surface area is 154 Å². The Balaban J connectivity index is 4.07. The van der Waals surface area contributed by atoms with Gasteiger partial charge in [-0.1, -0.05) is 70.1 Å². The van der Waals surface area contributed by atoms with Gasteiger partial charge in [-0.2, -0.15) is 0 Å². The van der Waals surface area contributed by atoms with Crippen LogP contribution in [0.15, 0.2) is 24.3 Å². The largest absolute Gasteiger partial charge is 0.481 e. The molecule has 146 valence electrons. The van der Waals surface area contributed by atoms with Crippen LogP contribution in [0.5, 0.6) is 0 Å². The fraction of sp³-hybridized carbons (Fsp3) is 0.762. The van der Waals surface area contributed by atoms with E-state index in [-0.39, 0.29) is 6.42 Å². The van der Waals surface area contributed by atoms with Crippen molar-refractivity contribution >= 4 is 5.97 Å². The second-order valence-corrected chi connectivity index (χ2v) is 8.17. The van der Waals surface area contributed by atoms with E-state index in [9.17, 15) is 9.90 Å². The van der Waals surface area contributed by atoms with Gasteiger partial charge in [-0.15, -0.1) is 0 Å². The summed E-state index contributed by atoms with van der Waals surface area (Å²) in [5.41, 5.74) is -1.31. The van der Waals surface area contributed by atoms with Crippen molar-refractivity contribution in [2.24, 2.45) is 0 Å². The lowest BCUT2D eigenvalue weighted by atomic mass is 9.97. The number of hydrogen-bond donors (Lipinski definition) is 2. The zero-order valence-corrected chi connectivity index (χ0v) is 16.8. The third-order valence-corrected chi connectivity index (χ3v) is 4.08. The molecule has 0 saturated carbocycles. The molecule has 0 amide bonds. The van der Waals surface area contributed by atoms with Crippen molar-refractivity contribution in [3.63, 3.8) is 0 Å². The summed E-state index contributed by atoms with van der Waals surface area (Å²) in [4.78, 5) is 11.0. The summed E-state index contributed by atoms with van der Waals surface area (Å²) >= 11 is 0. The molecule has 0 aliphatic carbocycles. The SMILES string of the molecule is CCCCCCCCCC/C=C/C=C/C(O)(CC(=O)O)C[N+](C)(C)C. The summed E-state index contributed by atoms with van der Waals surface area (Å²) in [6.45, 7) is 2.60. The Hall–Kier alpha value is -1.13. The summed E-state index contributed by atoms with van der Waals surface area (Å²) in [6, 6.07) is 0. The summed E-state index contributed by atoms with van der Waals surface area (Å²) < 4.78 is 0.510. The first-order valence-electron chi connectivity index (χ1n) is 9.77. The Morgan fingerprint density at radius 2 is 1.52 bits per heavy atom. The van der Waals surface area contributed by atoms with Gasteiger partial charge in [-0.3, -0.25) is 4.79 Å². The number of nitrogens with zero attached hydrogens (tertiary/aromatic N) is 1. The number of aliphatic carboxylic acids is 1. The minimum Gasteiger partial charge on any atom is -0.481 e.